The summed E-state index contributed by atoms with van der Waals surface area (Å²) in [7, 11) is 5.19. The lowest BCUT2D eigenvalue weighted by molar-refractivity contribution is -0.143. The molecule has 0 unspecified atom stereocenters. The molecule has 1 aliphatic heterocycles. The van der Waals surface area contributed by atoms with E-state index in [0.717, 1.165) is 26.1 Å². The first-order valence-corrected chi connectivity index (χ1v) is 7.44. The van der Waals surface area contributed by atoms with Crippen LogP contribution in [0, 0.1) is 0 Å². The average Bonchev–Trinajstić information content (AvgIpc) is 2.72. The third-order valence-corrected chi connectivity index (χ3v) is 4.08. The van der Waals surface area contributed by atoms with Gasteiger partial charge in [-0.05, 0) is 38.2 Å². The van der Waals surface area contributed by atoms with Gasteiger partial charge in [-0.1, -0.05) is 0 Å². The van der Waals surface area contributed by atoms with Crippen LogP contribution in [0.5, 0.6) is 11.5 Å². The van der Waals surface area contributed by atoms with Crippen LogP contribution < -0.4 is 9.47 Å². The fraction of sp³-hybridized carbons (Fsp3) is 0.562. The molecule has 1 saturated heterocycles. The van der Waals surface area contributed by atoms with Crippen LogP contribution in [0.4, 0.5) is 0 Å². The van der Waals surface area contributed by atoms with Crippen molar-refractivity contribution in [2.45, 2.75) is 12.5 Å². The second-order valence-corrected chi connectivity index (χ2v) is 5.54. The van der Waals surface area contributed by atoms with Crippen molar-refractivity contribution in [3.05, 3.63) is 23.8 Å². The summed E-state index contributed by atoms with van der Waals surface area (Å²) in [5, 5.41) is 9.77. The summed E-state index contributed by atoms with van der Waals surface area (Å²) in [6.07, 6.45) is 0.951. The first-order chi connectivity index (χ1) is 10.6. The number of carbonyl (C=O) groups is 1. The Morgan fingerprint density at radius 2 is 1.95 bits per heavy atom. The second-order valence-electron chi connectivity index (χ2n) is 5.54. The third kappa shape index (κ3) is 3.69. The van der Waals surface area contributed by atoms with E-state index in [0.29, 0.717) is 23.6 Å². The van der Waals surface area contributed by atoms with Crippen LogP contribution in [-0.2, 0) is 4.79 Å². The van der Waals surface area contributed by atoms with Gasteiger partial charge in [-0.25, -0.2) is 0 Å². The maximum atomic E-state index is 11.9. The number of hydrogen-bond acceptors (Lipinski definition) is 5. The van der Waals surface area contributed by atoms with Gasteiger partial charge < -0.3 is 19.5 Å². The van der Waals surface area contributed by atoms with Crippen molar-refractivity contribution in [2.75, 3.05) is 47.4 Å². The van der Waals surface area contributed by atoms with Crippen molar-refractivity contribution >= 4 is 5.97 Å². The molecule has 0 aromatic heterocycles. The van der Waals surface area contributed by atoms with Gasteiger partial charge in [0.1, 0.15) is 17.5 Å². The van der Waals surface area contributed by atoms with E-state index in [2.05, 4.69) is 11.9 Å². The number of hydrogen-bond donors (Lipinski definition) is 1. The Labute approximate surface area is 131 Å². The zero-order valence-electron chi connectivity index (χ0n) is 13.4. The third-order valence-electron chi connectivity index (χ3n) is 4.08. The van der Waals surface area contributed by atoms with E-state index in [1.54, 1.807) is 32.4 Å². The van der Waals surface area contributed by atoms with Gasteiger partial charge in [0.2, 0.25) is 0 Å². The van der Waals surface area contributed by atoms with Crippen LogP contribution in [0.3, 0.4) is 0 Å². The number of likely N-dealkylation sites (N-methyl/N-ethyl adjacent to an activating group) is 1. The molecule has 0 bridgehead atoms. The van der Waals surface area contributed by atoms with E-state index in [1.807, 2.05) is 4.90 Å². The van der Waals surface area contributed by atoms with E-state index in [-0.39, 0.29) is 0 Å². The summed E-state index contributed by atoms with van der Waals surface area (Å²) in [6, 6.07) is 4.56. The fourth-order valence-electron chi connectivity index (χ4n) is 2.86. The van der Waals surface area contributed by atoms with E-state index in [4.69, 9.17) is 9.47 Å². The van der Waals surface area contributed by atoms with Crippen molar-refractivity contribution in [3.8, 4) is 11.5 Å². The molecule has 1 aromatic rings. The van der Waals surface area contributed by atoms with Gasteiger partial charge in [0.25, 0.3) is 0 Å². The second kappa shape index (κ2) is 7.47. The number of carboxylic acids is 1. The molecular weight excluding hydrogens is 284 g/mol. The number of ether oxygens (including phenoxy) is 2. The molecule has 0 radical (unpaired) electrons. The average molecular weight is 308 g/mol. The maximum absolute atomic E-state index is 11.9. The molecule has 1 heterocycles. The van der Waals surface area contributed by atoms with Gasteiger partial charge in [0.05, 0.1) is 14.2 Å². The Morgan fingerprint density at radius 3 is 2.59 bits per heavy atom. The minimum Gasteiger partial charge on any atom is -0.497 e. The highest BCUT2D eigenvalue weighted by atomic mass is 16.5. The van der Waals surface area contributed by atoms with Crippen LogP contribution in [0.2, 0.25) is 0 Å². The van der Waals surface area contributed by atoms with Crippen molar-refractivity contribution < 1.29 is 19.4 Å². The number of carboxylic acid groups (broad SMARTS) is 1. The van der Waals surface area contributed by atoms with Crippen LogP contribution in [0.15, 0.2) is 18.2 Å². The minimum atomic E-state index is -0.865. The van der Waals surface area contributed by atoms with Gasteiger partial charge in [-0.2, -0.15) is 0 Å². The van der Waals surface area contributed by atoms with Gasteiger partial charge in [0, 0.05) is 25.2 Å². The predicted octanol–water partition coefficient (Wildman–Crippen LogP) is 1.47. The number of aliphatic carboxylic acids is 1. The lowest BCUT2D eigenvalue weighted by atomic mass is 10.0. The fourth-order valence-corrected chi connectivity index (χ4v) is 2.86. The van der Waals surface area contributed by atoms with Gasteiger partial charge in [-0.15, -0.1) is 0 Å². The minimum absolute atomic E-state index is 0.575. The summed E-state index contributed by atoms with van der Waals surface area (Å²) in [6.45, 7) is 3.31. The maximum Gasteiger partial charge on any atom is 0.325 e. The molecule has 6 nitrogen and oxygen atoms in total. The van der Waals surface area contributed by atoms with Crippen molar-refractivity contribution in [2.24, 2.45) is 0 Å². The van der Waals surface area contributed by atoms with E-state index < -0.39 is 12.0 Å². The van der Waals surface area contributed by atoms with E-state index in [9.17, 15) is 9.90 Å². The van der Waals surface area contributed by atoms with Gasteiger partial charge in [0.15, 0.2) is 0 Å². The predicted molar refractivity (Wildman–Crippen MR) is 83.6 cm³/mol. The lowest BCUT2D eigenvalue weighted by Gasteiger charge is -2.28. The van der Waals surface area contributed by atoms with Gasteiger partial charge >= 0.3 is 5.97 Å². The summed E-state index contributed by atoms with van der Waals surface area (Å²) in [5.41, 5.74) is 0.638. The summed E-state index contributed by atoms with van der Waals surface area (Å²) in [4.78, 5) is 16.1. The lowest BCUT2D eigenvalue weighted by Crippen LogP contribution is -2.37. The van der Waals surface area contributed by atoms with Crippen LogP contribution in [0.25, 0.3) is 0 Å². The van der Waals surface area contributed by atoms with Crippen LogP contribution in [0.1, 0.15) is 18.0 Å². The zero-order chi connectivity index (χ0) is 16.1. The molecule has 1 atom stereocenters. The Morgan fingerprint density at radius 1 is 1.18 bits per heavy atom. The summed E-state index contributed by atoms with van der Waals surface area (Å²) in [5.74, 6) is 0.343. The molecule has 0 amide bonds. The summed E-state index contributed by atoms with van der Waals surface area (Å²) < 4.78 is 10.6. The highest BCUT2D eigenvalue weighted by Gasteiger charge is 2.31. The molecule has 2 rings (SSSR count). The Balaban J connectivity index is 2.36. The normalized spacial score (nSPS) is 18.5. The molecule has 1 aromatic carbocycles. The molecule has 0 saturated carbocycles. The monoisotopic (exact) mass is 308 g/mol. The molecule has 0 spiro atoms. The smallest absolute Gasteiger partial charge is 0.325 e. The topological polar surface area (TPSA) is 62.2 Å². The Hall–Kier alpha value is -1.79. The zero-order valence-corrected chi connectivity index (χ0v) is 13.4. The Kier molecular flexibility index (Phi) is 5.63. The highest BCUT2D eigenvalue weighted by molar-refractivity contribution is 5.77. The SMILES string of the molecule is COc1ccc(OC)c([C@H](C(=O)O)N2CCCN(C)CC2)c1. The quantitative estimate of drug-likeness (QED) is 0.889. The number of rotatable bonds is 5. The van der Waals surface area contributed by atoms with Crippen LogP contribution >= 0.6 is 0 Å². The highest BCUT2D eigenvalue weighted by Crippen LogP contribution is 2.33. The first kappa shape index (κ1) is 16.6. The van der Waals surface area contributed by atoms with Crippen LogP contribution in [-0.4, -0.2) is 68.3 Å². The molecule has 1 fully saturated rings. The van der Waals surface area contributed by atoms with Gasteiger partial charge in [-0.3, -0.25) is 9.69 Å². The molecular formula is C16H24N2O4. The van der Waals surface area contributed by atoms with Crippen molar-refractivity contribution in [1.29, 1.82) is 0 Å². The number of benzene rings is 1. The Bertz CT molecular complexity index is 521. The molecule has 122 valence electrons. The molecule has 1 aliphatic rings. The van der Waals surface area contributed by atoms with Crippen molar-refractivity contribution in [3.63, 3.8) is 0 Å². The van der Waals surface area contributed by atoms with E-state index in [1.165, 1.54) is 0 Å². The van der Waals surface area contributed by atoms with Crippen molar-refractivity contribution in [1.82, 2.24) is 9.80 Å². The standard InChI is InChI=1S/C16H24N2O4/c1-17-7-4-8-18(10-9-17)15(16(19)20)13-11-12(21-2)5-6-14(13)22-3/h5-6,11,15H,4,7-10H2,1-3H3,(H,19,20)/t15-/m1/s1. The molecule has 22 heavy (non-hydrogen) atoms. The number of methoxy groups -OCH3 is 2. The molecule has 6 heteroatoms. The summed E-state index contributed by atoms with van der Waals surface area (Å²) >= 11 is 0. The number of nitrogens with zero attached hydrogens (tertiary/aromatic N) is 2. The largest absolute Gasteiger partial charge is 0.497 e. The first-order valence-electron chi connectivity index (χ1n) is 7.44. The molecule has 1 N–H and O–H groups in total. The van der Waals surface area contributed by atoms with E-state index >= 15 is 0 Å². The molecule has 0 aliphatic carbocycles.